The van der Waals surface area contributed by atoms with Crippen molar-refractivity contribution in [1.82, 2.24) is 4.98 Å². The zero-order chi connectivity index (χ0) is 16.3. The molecular formula is C15H17FN2O3S. The van der Waals surface area contributed by atoms with E-state index in [4.69, 9.17) is 9.84 Å². The molecule has 0 saturated carbocycles. The minimum atomic E-state index is -0.885. The molecule has 2 N–H and O–H groups in total. The third-order valence-electron chi connectivity index (χ3n) is 3.21. The number of ether oxygens (including phenoxy) is 1. The number of hydrogen-bond donors (Lipinski definition) is 2. The minimum Gasteiger partial charge on any atom is -0.496 e. The van der Waals surface area contributed by atoms with Crippen molar-refractivity contribution in [1.29, 1.82) is 0 Å². The summed E-state index contributed by atoms with van der Waals surface area (Å²) in [5, 5.41) is 12.6. The number of nitrogens with zero attached hydrogens (tertiary/aromatic N) is 1. The highest BCUT2D eigenvalue weighted by Crippen LogP contribution is 2.41. The van der Waals surface area contributed by atoms with Crippen molar-refractivity contribution >= 4 is 22.4 Å². The van der Waals surface area contributed by atoms with Crippen LogP contribution < -0.4 is 10.1 Å². The summed E-state index contributed by atoms with van der Waals surface area (Å²) in [5.41, 5.74) is 1.08. The zero-order valence-electron chi connectivity index (χ0n) is 12.5. The van der Waals surface area contributed by atoms with Gasteiger partial charge in [0, 0.05) is 23.4 Å². The average Bonchev–Trinajstić information content (AvgIpc) is 2.90. The molecule has 2 aromatic rings. The number of nitrogens with one attached hydrogen (secondary N) is 1. The number of benzene rings is 1. The topological polar surface area (TPSA) is 71.5 Å². The van der Waals surface area contributed by atoms with Crippen LogP contribution in [0.15, 0.2) is 18.2 Å². The van der Waals surface area contributed by atoms with Gasteiger partial charge in [0.2, 0.25) is 0 Å². The Morgan fingerprint density at radius 3 is 2.86 bits per heavy atom. The second-order valence-corrected chi connectivity index (χ2v) is 5.86. The number of carboxylic acids is 1. The van der Waals surface area contributed by atoms with E-state index >= 15 is 0 Å². The Balaban J connectivity index is 2.57. The molecule has 0 fully saturated rings. The van der Waals surface area contributed by atoms with Crippen molar-refractivity contribution in [3.8, 4) is 17.0 Å². The number of methoxy groups -OCH3 is 1. The van der Waals surface area contributed by atoms with Gasteiger partial charge in [-0.3, -0.25) is 4.79 Å². The number of carbonyl (C=O) groups is 1. The summed E-state index contributed by atoms with van der Waals surface area (Å²) in [6.07, 6.45) is -0.0179. The maximum absolute atomic E-state index is 13.6. The highest BCUT2D eigenvalue weighted by Gasteiger charge is 2.22. The SMILES string of the molecule is CNc1nc(-c2cc(F)ccc2OC)c(C(C)CC(=O)O)s1. The van der Waals surface area contributed by atoms with E-state index in [1.807, 2.05) is 6.92 Å². The Kier molecular flexibility index (Phi) is 4.97. The molecule has 0 aliphatic carbocycles. The lowest BCUT2D eigenvalue weighted by molar-refractivity contribution is -0.137. The van der Waals surface area contributed by atoms with E-state index in [2.05, 4.69) is 10.3 Å². The molecule has 0 aliphatic rings. The molecule has 2 rings (SSSR count). The molecule has 0 spiro atoms. The fourth-order valence-electron chi connectivity index (χ4n) is 2.19. The van der Waals surface area contributed by atoms with Gasteiger partial charge in [0.15, 0.2) is 5.13 Å². The number of aromatic nitrogens is 1. The standard InChI is InChI=1S/C15H17FN2O3S/c1-8(6-12(19)20)14-13(18-15(17-2)22-14)10-7-9(16)4-5-11(10)21-3/h4-5,7-8H,6H2,1-3H3,(H,17,18)(H,19,20). The van der Waals surface area contributed by atoms with Crippen molar-refractivity contribution in [3.05, 3.63) is 28.9 Å². The average molecular weight is 324 g/mol. The lowest BCUT2D eigenvalue weighted by Gasteiger charge is -2.11. The molecule has 0 aliphatic heterocycles. The van der Waals surface area contributed by atoms with Crippen LogP contribution in [-0.4, -0.2) is 30.2 Å². The molecular weight excluding hydrogens is 307 g/mol. The largest absolute Gasteiger partial charge is 0.496 e. The number of aliphatic carboxylic acids is 1. The van der Waals surface area contributed by atoms with Crippen molar-refractivity contribution in [3.63, 3.8) is 0 Å². The van der Waals surface area contributed by atoms with E-state index in [0.29, 0.717) is 22.1 Å². The Bertz CT molecular complexity index is 687. The second-order valence-electron chi connectivity index (χ2n) is 4.83. The quantitative estimate of drug-likeness (QED) is 0.850. The van der Waals surface area contributed by atoms with Gasteiger partial charge in [0.25, 0.3) is 0 Å². The van der Waals surface area contributed by atoms with Crippen LogP contribution in [0.25, 0.3) is 11.3 Å². The summed E-state index contributed by atoms with van der Waals surface area (Å²) in [4.78, 5) is 16.2. The number of anilines is 1. The number of thiazole rings is 1. The first kappa shape index (κ1) is 16.2. The van der Waals surface area contributed by atoms with Gasteiger partial charge in [-0.25, -0.2) is 9.37 Å². The van der Waals surface area contributed by atoms with Crippen LogP contribution in [0, 0.1) is 5.82 Å². The van der Waals surface area contributed by atoms with Gasteiger partial charge in [0.05, 0.1) is 19.2 Å². The molecule has 1 heterocycles. The maximum atomic E-state index is 13.6. The molecule has 1 atom stereocenters. The first-order valence-corrected chi connectivity index (χ1v) is 7.52. The summed E-state index contributed by atoms with van der Waals surface area (Å²) in [5.74, 6) is -1.02. The third kappa shape index (κ3) is 3.36. The van der Waals surface area contributed by atoms with E-state index in [1.165, 1.54) is 36.6 Å². The summed E-state index contributed by atoms with van der Waals surface area (Å²) in [7, 11) is 3.24. The van der Waals surface area contributed by atoms with Crippen LogP contribution in [0.4, 0.5) is 9.52 Å². The summed E-state index contributed by atoms with van der Waals surface area (Å²) >= 11 is 1.37. The van der Waals surface area contributed by atoms with Crippen molar-refractivity contribution in [2.75, 3.05) is 19.5 Å². The Labute approximate surface area is 131 Å². The molecule has 0 bridgehead atoms. The molecule has 22 heavy (non-hydrogen) atoms. The van der Waals surface area contributed by atoms with E-state index in [1.54, 1.807) is 7.05 Å². The van der Waals surface area contributed by atoms with E-state index in [0.717, 1.165) is 4.88 Å². The van der Waals surface area contributed by atoms with Crippen LogP contribution in [-0.2, 0) is 4.79 Å². The predicted molar refractivity (Wildman–Crippen MR) is 84.3 cm³/mol. The molecule has 5 nitrogen and oxygen atoms in total. The molecule has 1 unspecified atom stereocenters. The molecule has 0 radical (unpaired) electrons. The molecule has 0 amide bonds. The van der Waals surface area contributed by atoms with Crippen molar-refractivity contribution in [2.24, 2.45) is 0 Å². The van der Waals surface area contributed by atoms with Gasteiger partial charge >= 0.3 is 5.97 Å². The zero-order valence-corrected chi connectivity index (χ0v) is 13.3. The molecule has 1 aromatic carbocycles. The van der Waals surface area contributed by atoms with Crippen LogP contribution >= 0.6 is 11.3 Å². The fourth-order valence-corrected chi connectivity index (χ4v) is 3.17. The monoisotopic (exact) mass is 324 g/mol. The van der Waals surface area contributed by atoms with E-state index in [9.17, 15) is 9.18 Å². The van der Waals surface area contributed by atoms with Gasteiger partial charge in [0.1, 0.15) is 11.6 Å². The number of rotatable bonds is 6. The summed E-state index contributed by atoms with van der Waals surface area (Å²) < 4.78 is 18.9. The van der Waals surface area contributed by atoms with Crippen LogP contribution in [0.3, 0.4) is 0 Å². The second kappa shape index (κ2) is 6.74. The molecule has 0 saturated heterocycles. The van der Waals surface area contributed by atoms with Gasteiger partial charge in [-0.05, 0) is 18.2 Å². The van der Waals surface area contributed by atoms with E-state index in [-0.39, 0.29) is 12.3 Å². The first-order chi connectivity index (χ1) is 10.5. The molecule has 118 valence electrons. The lowest BCUT2D eigenvalue weighted by atomic mass is 10.0. The number of carboxylic acid groups (broad SMARTS) is 1. The maximum Gasteiger partial charge on any atom is 0.303 e. The molecule has 1 aromatic heterocycles. The Morgan fingerprint density at radius 2 is 2.27 bits per heavy atom. The van der Waals surface area contributed by atoms with Gasteiger partial charge < -0.3 is 15.2 Å². The normalized spacial score (nSPS) is 12.0. The van der Waals surface area contributed by atoms with E-state index < -0.39 is 11.8 Å². The van der Waals surface area contributed by atoms with Crippen molar-refractivity contribution < 1.29 is 19.0 Å². The van der Waals surface area contributed by atoms with Crippen LogP contribution in [0.2, 0.25) is 0 Å². The van der Waals surface area contributed by atoms with Crippen LogP contribution in [0.5, 0.6) is 5.75 Å². The van der Waals surface area contributed by atoms with Gasteiger partial charge in [-0.2, -0.15) is 0 Å². The predicted octanol–water partition coefficient (Wildman–Crippen LogP) is 3.58. The first-order valence-electron chi connectivity index (χ1n) is 6.70. The highest BCUT2D eigenvalue weighted by molar-refractivity contribution is 7.16. The number of halogens is 1. The Morgan fingerprint density at radius 1 is 1.55 bits per heavy atom. The summed E-state index contributed by atoms with van der Waals surface area (Å²) in [6, 6.07) is 4.20. The number of hydrogen-bond acceptors (Lipinski definition) is 5. The smallest absolute Gasteiger partial charge is 0.303 e. The highest BCUT2D eigenvalue weighted by atomic mass is 32.1. The minimum absolute atomic E-state index is 0.0179. The van der Waals surface area contributed by atoms with Gasteiger partial charge in [-0.15, -0.1) is 11.3 Å². The summed E-state index contributed by atoms with van der Waals surface area (Å²) in [6.45, 7) is 1.82. The fraction of sp³-hybridized carbons (Fsp3) is 0.333. The van der Waals surface area contributed by atoms with Gasteiger partial charge in [-0.1, -0.05) is 6.92 Å². The lowest BCUT2D eigenvalue weighted by Crippen LogP contribution is -2.03. The molecule has 7 heteroatoms. The Hall–Kier alpha value is -2.15. The third-order valence-corrected chi connectivity index (χ3v) is 4.52. The van der Waals surface area contributed by atoms with Crippen molar-refractivity contribution in [2.45, 2.75) is 19.3 Å². The van der Waals surface area contributed by atoms with Crippen LogP contribution in [0.1, 0.15) is 24.1 Å².